The molecule has 0 spiro atoms. The van der Waals surface area contributed by atoms with E-state index in [1.165, 1.54) is 0 Å². The van der Waals surface area contributed by atoms with Crippen molar-refractivity contribution in [2.75, 3.05) is 19.6 Å². The van der Waals surface area contributed by atoms with Crippen LogP contribution in [0.15, 0.2) is 12.4 Å². The molecular weight excluding hydrogens is 216 g/mol. The third kappa shape index (κ3) is 3.56. The Balaban J connectivity index is 1.69. The Bertz CT molecular complexity index is 368. The van der Waals surface area contributed by atoms with Gasteiger partial charge in [0.05, 0.1) is 12.1 Å². The molecule has 94 valence electrons. The molecule has 5 heteroatoms. The zero-order valence-corrected chi connectivity index (χ0v) is 10.3. The Morgan fingerprint density at radius 3 is 3.24 bits per heavy atom. The number of nitrogens with one attached hydrogen (secondary N) is 2. The SMILES string of the molecule is Cn1cc(CCNC(=O)[C@@H]2CCCNC2)cn1. The second kappa shape index (κ2) is 5.82. The molecule has 5 nitrogen and oxygen atoms in total. The van der Waals surface area contributed by atoms with E-state index in [4.69, 9.17) is 0 Å². The molecule has 1 atom stereocenters. The van der Waals surface area contributed by atoms with Crippen molar-refractivity contribution in [1.82, 2.24) is 20.4 Å². The molecule has 1 aromatic heterocycles. The summed E-state index contributed by atoms with van der Waals surface area (Å²) in [5.41, 5.74) is 1.16. The topological polar surface area (TPSA) is 59.0 Å². The van der Waals surface area contributed by atoms with Gasteiger partial charge >= 0.3 is 0 Å². The minimum absolute atomic E-state index is 0.151. The number of aromatic nitrogens is 2. The number of piperidine rings is 1. The van der Waals surface area contributed by atoms with Gasteiger partial charge in [-0.05, 0) is 31.4 Å². The van der Waals surface area contributed by atoms with Crippen LogP contribution in [0, 0.1) is 5.92 Å². The van der Waals surface area contributed by atoms with Crippen molar-refractivity contribution in [3.05, 3.63) is 18.0 Å². The van der Waals surface area contributed by atoms with E-state index in [1.807, 2.05) is 19.4 Å². The summed E-state index contributed by atoms with van der Waals surface area (Å²) in [6.07, 6.45) is 6.77. The fourth-order valence-corrected chi connectivity index (χ4v) is 2.15. The summed E-state index contributed by atoms with van der Waals surface area (Å²) in [4.78, 5) is 11.8. The highest BCUT2D eigenvalue weighted by Gasteiger charge is 2.20. The first-order chi connectivity index (χ1) is 8.25. The van der Waals surface area contributed by atoms with Crippen LogP contribution in [0.1, 0.15) is 18.4 Å². The zero-order chi connectivity index (χ0) is 12.1. The minimum atomic E-state index is 0.151. The largest absolute Gasteiger partial charge is 0.355 e. The quantitative estimate of drug-likeness (QED) is 0.778. The van der Waals surface area contributed by atoms with Gasteiger partial charge in [0, 0.05) is 26.3 Å². The summed E-state index contributed by atoms with van der Waals surface area (Å²) in [5, 5.41) is 10.3. The maximum Gasteiger partial charge on any atom is 0.224 e. The molecule has 0 saturated carbocycles. The molecule has 1 aliphatic heterocycles. The van der Waals surface area contributed by atoms with Gasteiger partial charge < -0.3 is 10.6 Å². The molecule has 2 heterocycles. The normalized spacial score (nSPS) is 20.2. The van der Waals surface area contributed by atoms with Crippen LogP contribution in [-0.4, -0.2) is 35.3 Å². The van der Waals surface area contributed by atoms with E-state index < -0.39 is 0 Å². The Hall–Kier alpha value is -1.36. The van der Waals surface area contributed by atoms with Gasteiger partial charge in [-0.2, -0.15) is 5.10 Å². The molecule has 1 fully saturated rings. The molecule has 0 unspecified atom stereocenters. The van der Waals surface area contributed by atoms with Crippen molar-refractivity contribution in [3.8, 4) is 0 Å². The number of aryl methyl sites for hydroxylation is 1. The third-order valence-corrected chi connectivity index (χ3v) is 3.14. The van der Waals surface area contributed by atoms with Crippen LogP contribution in [0.5, 0.6) is 0 Å². The second-order valence-corrected chi connectivity index (χ2v) is 4.61. The number of rotatable bonds is 4. The number of carbonyl (C=O) groups excluding carboxylic acids is 1. The average Bonchev–Trinajstić information content (AvgIpc) is 2.76. The summed E-state index contributed by atoms with van der Waals surface area (Å²) < 4.78 is 1.78. The van der Waals surface area contributed by atoms with Crippen LogP contribution in [-0.2, 0) is 18.3 Å². The molecule has 17 heavy (non-hydrogen) atoms. The van der Waals surface area contributed by atoms with Crippen LogP contribution in [0.2, 0.25) is 0 Å². The first-order valence-corrected chi connectivity index (χ1v) is 6.21. The lowest BCUT2D eigenvalue weighted by atomic mass is 9.99. The summed E-state index contributed by atoms with van der Waals surface area (Å²) in [6, 6.07) is 0. The standard InChI is InChI=1S/C12H20N4O/c1-16-9-10(7-15-16)4-6-14-12(17)11-3-2-5-13-8-11/h7,9,11,13H,2-6,8H2,1H3,(H,14,17)/t11-/m1/s1. The van der Waals surface area contributed by atoms with Crippen molar-refractivity contribution in [3.63, 3.8) is 0 Å². The van der Waals surface area contributed by atoms with E-state index >= 15 is 0 Å². The first-order valence-electron chi connectivity index (χ1n) is 6.21. The summed E-state index contributed by atoms with van der Waals surface area (Å²) in [7, 11) is 1.90. The molecule has 0 radical (unpaired) electrons. The van der Waals surface area contributed by atoms with Gasteiger partial charge in [-0.1, -0.05) is 0 Å². The Morgan fingerprint density at radius 2 is 2.59 bits per heavy atom. The molecule has 1 aromatic rings. The van der Waals surface area contributed by atoms with Gasteiger partial charge in [0.15, 0.2) is 0 Å². The van der Waals surface area contributed by atoms with Gasteiger partial charge in [0.2, 0.25) is 5.91 Å². The van der Waals surface area contributed by atoms with Gasteiger partial charge in [0.1, 0.15) is 0 Å². The molecular formula is C12H20N4O. The summed E-state index contributed by atoms with van der Waals surface area (Å²) >= 11 is 0. The molecule has 0 aromatic carbocycles. The third-order valence-electron chi connectivity index (χ3n) is 3.14. The van der Waals surface area contributed by atoms with Gasteiger partial charge in [-0.25, -0.2) is 0 Å². The number of nitrogens with zero attached hydrogens (tertiary/aromatic N) is 2. The van der Waals surface area contributed by atoms with Crippen LogP contribution in [0.25, 0.3) is 0 Å². The molecule has 1 aliphatic rings. The Kier molecular flexibility index (Phi) is 4.14. The Morgan fingerprint density at radius 1 is 1.71 bits per heavy atom. The van der Waals surface area contributed by atoms with Gasteiger partial charge in [-0.15, -0.1) is 0 Å². The van der Waals surface area contributed by atoms with E-state index in [1.54, 1.807) is 4.68 Å². The van der Waals surface area contributed by atoms with E-state index in [2.05, 4.69) is 15.7 Å². The molecule has 2 N–H and O–H groups in total. The number of amides is 1. The van der Waals surface area contributed by atoms with Gasteiger partial charge in [-0.3, -0.25) is 9.48 Å². The fourth-order valence-electron chi connectivity index (χ4n) is 2.15. The summed E-state index contributed by atoms with van der Waals surface area (Å²) in [5.74, 6) is 0.332. The van der Waals surface area contributed by atoms with Crippen molar-refractivity contribution < 1.29 is 4.79 Å². The van der Waals surface area contributed by atoms with E-state index in [0.29, 0.717) is 6.54 Å². The number of hydrogen-bond donors (Lipinski definition) is 2. The van der Waals surface area contributed by atoms with E-state index in [9.17, 15) is 4.79 Å². The lowest BCUT2D eigenvalue weighted by molar-refractivity contribution is -0.125. The predicted molar refractivity (Wildman–Crippen MR) is 65.5 cm³/mol. The smallest absolute Gasteiger partial charge is 0.224 e. The number of carbonyl (C=O) groups is 1. The molecule has 1 saturated heterocycles. The maximum absolute atomic E-state index is 11.8. The second-order valence-electron chi connectivity index (χ2n) is 4.61. The fraction of sp³-hybridized carbons (Fsp3) is 0.667. The van der Waals surface area contributed by atoms with Crippen molar-refractivity contribution in [1.29, 1.82) is 0 Å². The highest BCUT2D eigenvalue weighted by Crippen LogP contribution is 2.09. The average molecular weight is 236 g/mol. The Labute approximate surface area is 102 Å². The van der Waals surface area contributed by atoms with Gasteiger partial charge in [0.25, 0.3) is 0 Å². The molecule has 2 rings (SSSR count). The van der Waals surface area contributed by atoms with Crippen LogP contribution in [0.3, 0.4) is 0 Å². The summed E-state index contributed by atoms with van der Waals surface area (Å²) in [6.45, 7) is 2.55. The molecule has 0 aliphatic carbocycles. The number of hydrogen-bond acceptors (Lipinski definition) is 3. The molecule has 0 bridgehead atoms. The zero-order valence-electron chi connectivity index (χ0n) is 10.3. The lowest BCUT2D eigenvalue weighted by Gasteiger charge is -2.21. The van der Waals surface area contributed by atoms with E-state index in [0.717, 1.165) is 37.9 Å². The lowest BCUT2D eigenvalue weighted by Crippen LogP contribution is -2.41. The highest BCUT2D eigenvalue weighted by atomic mass is 16.1. The van der Waals surface area contributed by atoms with Crippen molar-refractivity contribution in [2.45, 2.75) is 19.3 Å². The maximum atomic E-state index is 11.8. The monoisotopic (exact) mass is 236 g/mol. The highest BCUT2D eigenvalue weighted by molar-refractivity contribution is 5.78. The van der Waals surface area contributed by atoms with Crippen LogP contribution >= 0.6 is 0 Å². The van der Waals surface area contributed by atoms with Crippen molar-refractivity contribution >= 4 is 5.91 Å². The van der Waals surface area contributed by atoms with E-state index in [-0.39, 0.29) is 11.8 Å². The predicted octanol–water partition coefficient (Wildman–Crippen LogP) is 0.0784. The minimum Gasteiger partial charge on any atom is -0.355 e. The van der Waals surface area contributed by atoms with Crippen LogP contribution in [0.4, 0.5) is 0 Å². The van der Waals surface area contributed by atoms with Crippen LogP contribution < -0.4 is 10.6 Å². The molecule has 1 amide bonds. The van der Waals surface area contributed by atoms with Crippen molar-refractivity contribution in [2.24, 2.45) is 13.0 Å². The first kappa shape index (κ1) is 12.1.